The van der Waals surface area contributed by atoms with E-state index in [1.54, 1.807) is 0 Å². The SMILES string of the molecule is C=CCCOCCNCc1ccnn1CCC. The van der Waals surface area contributed by atoms with E-state index in [2.05, 4.69) is 30.0 Å². The lowest BCUT2D eigenvalue weighted by molar-refractivity contribution is 0.140. The van der Waals surface area contributed by atoms with E-state index < -0.39 is 0 Å². The second kappa shape index (κ2) is 8.96. The Balaban J connectivity index is 2.09. The zero-order valence-corrected chi connectivity index (χ0v) is 10.7. The molecule has 4 nitrogen and oxygen atoms in total. The Labute approximate surface area is 104 Å². The predicted molar refractivity (Wildman–Crippen MR) is 69.9 cm³/mol. The van der Waals surface area contributed by atoms with Crippen molar-refractivity contribution in [3.05, 3.63) is 30.6 Å². The lowest BCUT2D eigenvalue weighted by Crippen LogP contribution is -2.21. The van der Waals surface area contributed by atoms with Crippen molar-refractivity contribution in [3.8, 4) is 0 Å². The van der Waals surface area contributed by atoms with Gasteiger partial charge in [0.05, 0.1) is 18.9 Å². The lowest BCUT2D eigenvalue weighted by Gasteiger charge is -2.08. The third-order valence-corrected chi connectivity index (χ3v) is 2.44. The largest absolute Gasteiger partial charge is 0.380 e. The van der Waals surface area contributed by atoms with Crippen LogP contribution in [0.2, 0.25) is 0 Å². The van der Waals surface area contributed by atoms with Gasteiger partial charge in [0.25, 0.3) is 0 Å². The Morgan fingerprint density at radius 3 is 3.18 bits per heavy atom. The van der Waals surface area contributed by atoms with E-state index in [0.29, 0.717) is 0 Å². The summed E-state index contributed by atoms with van der Waals surface area (Å²) in [4.78, 5) is 0. The summed E-state index contributed by atoms with van der Waals surface area (Å²) in [5, 5.41) is 7.63. The molecule has 1 N–H and O–H groups in total. The van der Waals surface area contributed by atoms with Crippen molar-refractivity contribution >= 4 is 0 Å². The molecule has 0 aliphatic carbocycles. The monoisotopic (exact) mass is 237 g/mol. The zero-order chi connectivity index (χ0) is 12.3. The fourth-order valence-corrected chi connectivity index (χ4v) is 1.55. The highest BCUT2D eigenvalue weighted by Crippen LogP contribution is 1.99. The van der Waals surface area contributed by atoms with Crippen molar-refractivity contribution < 1.29 is 4.74 Å². The third-order valence-electron chi connectivity index (χ3n) is 2.44. The van der Waals surface area contributed by atoms with Gasteiger partial charge in [-0.1, -0.05) is 13.0 Å². The molecule has 96 valence electrons. The van der Waals surface area contributed by atoms with E-state index in [4.69, 9.17) is 4.74 Å². The molecule has 0 fully saturated rings. The molecule has 0 saturated heterocycles. The number of hydrogen-bond acceptors (Lipinski definition) is 3. The summed E-state index contributed by atoms with van der Waals surface area (Å²) >= 11 is 0. The summed E-state index contributed by atoms with van der Waals surface area (Å²) in [5.41, 5.74) is 1.23. The molecule has 0 aliphatic heterocycles. The fourth-order valence-electron chi connectivity index (χ4n) is 1.55. The first kappa shape index (κ1) is 13.9. The van der Waals surface area contributed by atoms with Crippen molar-refractivity contribution in [2.75, 3.05) is 19.8 Å². The second-order valence-corrected chi connectivity index (χ2v) is 3.91. The van der Waals surface area contributed by atoms with Crippen molar-refractivity contribution in [2.24, 2.45) is 0 Å². The Morgan fingerprint density at radius 1 is 1.53 bits per heavy atom. The number of nitrogens with one attached hydrogen (secondary N) is 1. The molecule has 0 radical (unpaired) electrons. The predicted octanol–water partition coefficient (Wildman–Crippen LogP) is 1.98. The third kappa shape index (κ3) is 5.65. The van der Waals surface area contributed by atoms with Gasteiger partial charge in [-0.3, -0.25) is 4.68 Å². The average Bonchev–Trinajstić information content (AvgIpc) is 2.76. The van der Waals surface area contributed by atoms with Crippen molar-refractivity contribution in [3.63, 3.8) is 0 Å². The van der Waals surface area contributed by atoms with Gasteiger partial charge < -0.3 is 10.1 Å². The molecule has 17 heavy (non-hydrogen) atoms. The number of nitrogens with zero attached hydrogens (tertiary/aromatic N) is 2. The van der Waals surface area contributed by atoms with E-state index in [1.807, 2.05) is 17.0 Å². The van der Waals surface area contributed by atoms with Gasteiger partial charge in [0.1, 0.15) is 0 Å². The van der Waals surface area contributed by atoms with Crippen molar-refractivity contribution in [1.82, 2.24) is 15.1 Å². The number of hydrogen-bond donors (Lipinski definition) is 1. The molecule has 0 saturated carbocycles. The van der Waals surface area contributed by atoms with Crippen LogP contribution in [0, 0.1) is 0 Å². The van der Waals surface area contributed by atoms with E-state index in [0.717, 1.165) is 45.7 Å². The summed E-state index contributed by atoms with van der Waals surface area (Å²) in [5.74, 6) is 0. The lowest BCUT2D eigenvalue weighted by atomic mass is 10.4. The van der Waals surface area contributed by atoms with Crippen LogP contribution >= 0.6 is 0 Å². The minimum Gasteiger partial charge on any atom is -0.380 e. The van der Waals surface area contributed by atoms with Gasteiger partial charge in [-0.15, -0.1) is 6.58 Å². The molecule has 0 bridgehead atoms. The standard InChI is InChI=1S/C13H23N3O/c1-3-5-10-17-11-8-14-12-13-6-7-15-16(13)9-4-2/h3,6-7,14H,1,4-5,8-12H2,2H3. The molecule has 1 aromatic heterocycles. The van der Waals surface area contributed by atoms with Crippen molar-refractivity contribution in [2.45, 2.75) is 32.9 Å². The maximum absolute atomic E-state index is 5.42. The van der Waals surface area contributed by atoms with Gasteiger partial charge in [-0.25, -0.2) is 0 Å². The topological polar surface area (TPSA) is 39.1 Å². The Kier molecular flexibility index (Phi) is 7.34. The highest BCUT2D eigenvalue weighted by atomic mass is 16.5. The first-order valence-electron chi connectivity index (χ1n) is 6.28. The first-order chi connectivity index (χ1) is 8.38. The van der Waals surface area contributed by atoms with Crippen LogP contribution in [-0.2, 0) is 17.8 Å². The van der Waals surface area contributed by atoms with E-state index in [9.17, 15) is 0 Å². The maximum Gasteiger partial charge on any atom is 0.0591 e. The summed E-state index contributed by atoms with van der Waals surface area (Å²) in [7, 11) is 0. The van der Waals surface area contributed by atoms with Crippen LogP contribution in [0.25, 0.3) is 0 Å². The molecule has 0 aromatic carbocycles. The molecule has 0 aliphatic rings. The van der Waals surface area contributed by atoms with Crippen molar-refractivity contribution in [1.29, 1.82) is 0 Å². The highest BCUT2D eigenvalue weighted by Gasteiger charge is 2.00. The minimum atomic E-state index is 0.746. The highest BCUT2D eigenvalue weighted by molar-refractivity contribution is 4.99. The molecule has 0 spiro atoms. The quantitative estimate of drug-likeness (QED) is 0.499. The normalized spacial score (nSPS) is 10.6. The van der Waals surface area contributed by atoms with Gasteiger partial charge in [-0.05, 0) is 18.9 Å². The molecule has 1 heterocycles. The maximum atomic E-state index is 5.42. The van der Waals surface area contributed by atoms with Crippen LogP contribution in [0.4, 0.5) is 0 Å². The number of ether oxygens (including phenoxy) is 1. The number of rotatable bonds is 10. The number of aromatic nitrogens is 2. The van der Waals surface area contributed by atoms with E-state index in [-0.39, 0.29) is 0 Å². The van der Waals surface area contributed by atoms with Crippen LogP contribution in [-0.4, -0.2) is 29.5 Å². The van der Waals surface area contributed by atoms with E-state index in [1.165, 1.54) is 5.69 Å². The summed E-state index contributed by atoms with van der Waals surface area (Å²) in [6.07, 6.45) is 5.76. The first-order valence-corrected chi connectivity index (χ1v) is 6.28. The van der Waals surface area contributed by atoms with Crippen LogP contribution in [0.1, 0.15) is 25.5 Å². The Morgan fingerprint density at radius 2 is 2.41 bits per heavy atom. The molecule has 1 rings (SSSR count). The summed E-state index contributed by atoms with van der Waals surface area (Å²) in [6, 6.07) is 2.06. The van der Waals surface area contributed by atoms with Gasteiger partial charge >= 0.3 is 0 Å². The van der Waals surface area contributed by atoms with Crippen LogP contribution in [0.15, 0.2) is 24.9 Å². The molecular weight excluding hydrogens is 214 g/mol. The van der Waals surface area contributed by atoms with Crippen LogP contribution in [0.5, 0.6) is 0 Å². The van der Waals surface area contributed by atoms with E-state index >= 15 is 0 Å². The molecule has 0 unspecified atom stereocenters. The number of aryl methyl sites for hydroxylation is 1. The Bertz CT molecular complexity index is 309. The minimum absolute atomic E-state index is 0.746. The second-order valence-electron chi connectivity index (χ2n) is 3.91. The summed E-state index contributed by atoms with van der Waals surface area (Å²) < 4.78 is 7.46. The molecular formula is C13H23N3O. The molecule has 4 heteroatoms. The Hall–Kier alpha value is -1.13. The summed E-state index contributed by atoms with van der Waals surface area (Å²) in [6.45, 7) is 10.0. The van der Waals surface area contributed by atoms with Gasteiger partial charge in [0.2, 0.25) is 0 Å². The van der Waals surface area contributed by atoms with Crippen LogP contribution in [0.3, 0.4) is 0 Å². The van der Waals surface area contributed by atoms with Gasteiger partial charge in [0.15, 0.2) is 0 Å². The molecule has 0 atom stereocenters. The van der Waals surface area contributed by atoms with Crippen LogP contribution < -0.4 is 5.32 Å². The average molecular weight is 237 g/mol. The zero-order valence-electron chi connectivity index (χ0n) is 10.7. The smallest absolute Gasteiger partial charge is 0.0591 e. The molecule has 0 amide bonds. The molecule has 1 aromatic rings. The fraction of sp³-hybridized carbons (Fsp3) is 0.615. The van der Waals surface area contributed by atoms with Gasteiger partial charge in [-0.2, -0.15) is 5.10 Å². The van der Waals surface area contributed by atoms with Gasteiger partial charge in [0, 0.05) is 25.8 Å².